The number of rotatable bonds is 11. The smallest absolute Gasteiger partial charge is 0.305 e. The summed E-state index contributed by atoms with van der Waals surface area (Å²) in [4.78, 5) is 21.8. The summed E-state index contributed by atoms with van der Waals surface area (Å²) in [7, 11) is 1.38. The van der Waals surface area contributed by atoms with Gasteiger partial charge in [-0.05, 0) is 23.3 Å². The normalized spacial score (nSPS) is 11.2. The van der Waals surface area contributed by atoms with Crippen LogP contribution in [0.5, 0.6) is 5.75 Å². The van der Waals surface area contributed by atoms with Crippen molar-refractivity contribution < 1.29 is 19.1 Å². The second-order valence-corrected chi connectivity index (χ2v) is 8.55. The molecule has 178 valence electrons. The molecule has 7 heteroatoms. The molecule has 3 aromatic carbocycles. The highest BCUT2D eigenvalue weighted by atomic mass is 32.1. The van der Waals surface area contributed by atoms with Crippen LogP contribution in [0.3, 0.4) is 0 Å². The van der Waals surface area contributed by atoms with Crippen LogP contribution in [0.1, 0.15) is 29.7 Å². The van der Waals surface area contributed by atoms with Crippen LogP contribution >= 0.6 is 11.3 Å². The molecule has 0 fully saturated rings. The lowest BCUT2D eigenvalue weighted by atomic mass is 10.1. The van der Waals surface area contributed by atoms with Gasteiger partial charge in [-0.15, -0.1) is 11.3 Å². The molecule has 0 aliphatic heterocycles. The number of nitrogens with zero attached hydrogens (tertiary/aromatic N) is 2. The fourth-order valence-electron chi connectivity index (χ4n) is 3.31. The topological polar surface area (TPSA) is 70.0 Å². The molecule has 6 nitrogen and oxygen atoms in total. The standard InChI is InChI=1S/C28H26N2O4S/c1-32-27(31)17-16-26(22-8-4-2-5-9-22)30-34-18-21-12-14-25(15-13-21)33-19-24-20-35-28(29-24)23-10-6-3-7-11-23/h2-15,20H,16-19H2,1H3. The third kappa shape index (κ3) is 7.25. The molecule has 0 saturated heterocycles. The van der Waals surface area contributed by atoms with Crippen molar-refractivity contribution >= 4 is 23.0 Å². The minimum Gasteiger partial charge on any atom is -0.487 e. The van der Waals surface area contributed by atoms with Crippen molar-refractivity contribution in [1.29, 1.82) is 0 Å². The van der Waals surface area contributed by atoms with E-state index in [1.165, 1.54) is 7.11 Å². The van der Waals surface area contributed by atoms with Gasteiger partial charge in [0, 0.05) is 17.4 Å². The van der Waals surface area contributed by atoms with Crippen molar-refractivity contribution in [3.05, 3.63) is 107 Å². The zero-order valence-electron chi connectivity index (χ0n) is 19.4. The van der Waals surface area contributed by atoms with Gasteiger partial charge in [0.2, 0.25) is 0 Å². The molecule has 0 saturated carbocycles. The Hall–Kier alpha value is -3.97. The van der Waals surface area contributed by atoms with Crippen LogP contribution < -0.4 is 4.74 Å². The van der Waals surface area contributed by atoms with Crippen LogP contribution in [0, 0.1) is 0 Å². The van der Waals surface area contributed by atoms with Gasteiger partial charge in [-0.1, -0.05) is 78.0 Å². The molecule has 35 heavy (non-hydrogen) atoms. The zero-order chi connectivity index (χ0) is 24.3. The maximum Gasteiger partial charge on any atom is 0.305 e. The van der Waals surface area contributed by atoms with Crippen molar-refractivity contribution in [3.63, 3.8) is 0 Å². The Morgan fingerprint density at radius 2 is 1.60 bits per heavy atom. The van der Waals surface area contributed by atoms with Gasteiger partial charge in [0.05, 0.1) is 24.9 Å². The van der Waals surface area contributed by atoms with E-state index >= 15 is 0 Å². The molecule has 1 aromatic heterocycles. The summed E-state index contributed by atoms with van der Waals surface area (Å²) in [6.07, 6.45) is 0.678. The summed E-state index contributed by atoms with van der Waals surface area (Å²) in [5.41, 5.74) is 4.58. The van der Waals surface area contributed by atoms with Crippen LogP contribution in [0.25, 0.3) is 10.6 Å². The first-order valence-electron chi connectivity index (χ1n) is 11.2. The third-order valence-corrected chi connectivity index (χ3v) is 6.13. The predicted octanol–water partition coefficient (Wildman–Crippen LogP) is 6.26. The maximum atomic E-state index is 11.6. The molecule has 0 aliphatic carbocycles. The number of esters is 1. The lowest BCUT2D eigenvalue weighted by Crippen LogP contribution is -2.08. The van der Waals surface area contributed by atoms with E-state index in [-0.39, 0.29) is 12.4 Å². The van der Waals surface area contributed by atoms with E-state index in [9.17, 15) is 4.79 Å². The van der Waals surface area contributed by atoms with E-state index in [0.29, 0.717) is 25.3 Å². The van der Waals surface area contributed by atoms with Gasteiger partial charge in [-0.3, -0.25) is 4.79 Å². The molecule has 4 aromatic rings. The largest absolute Gasteiger partial charge is 0.487 e. The summed E-state index contributed by atoms with van der Waals surface area (Å²) in [6, 6.07) is 27.5. The first kappa shape index (κ1) is 24.2. The van der Waals surface area contributed by atoms with E-state index < -0.39 is 0 Å². The number of hydrogen-bond donors (Lipinski definition) is 0. The minimum absolute atomic E-state index is 0.242. The summed E-state index contributed by atoms with van der Waals surface area (Å²) in [6.45, 7) is 0.714. The van der Waals surface area contributed by atoms with Crippen LogP contribution in [-0.2, 0) is 27.6 Å². The van der Waals surface area contributed by atoms with Crippen molar-refractivity contribution in [3.8, 4) is 16.3 Å². The number of oxime groups is 1. The first-order chi connectivity index (χ1) is 17.2. The highest BCUT2D eigenvalue weighted by Gasteiger charge is 2.09. The van der Waals surface area contributed by atoms with Crippen molar-refractivity contribution in [2.75, 3.05) is 7.11 Å². The van der Waals surface area contributed by atoms with Gasteiger partial charge in [0.1, 0.15) is 24.0 Å². The van der Waals surface area contributed by atoms with Gasteiger partial charge in [0.15, 0.2) is 0 Å². The molecular formula is C28H26N2O4S. The average molecular weight is 487 g/mol. The Kier molecular flexibility index (Phi) is 8.62. The molecule has 0 N–H and O–H groups in total. The Bertz CT molecular complexity index is 1240. The van der Waals surface area contributed by atoms with Crippen LogP contribution in [0.15, 0.2) is 95.5 Å². The monoisotopic (exact) mass is 486 g/mol. The molecule has 0 amide bonds. The maximum absolute atomic E-state index is 11.6. The zero-order valence-corrected chi connectivity index (χ0v) is 20.2. The van der Waals surface area contributed by atoms with Crippen LogP contribution in [0.4, 0.5) is 0 Å². The number of ether oxygens (including phenoxy) is 2. The number of methoxy groups -OCH3 is 1. The lowest BCUT2D eigenvalue weighted by Gasteiger charge is -2.08. The summed E-state index contributed by atoms with van der Waals surface area (Å²) < 4.78 is 10.6. The number of hydrogen-bond acceptors (Lipinski definition) is 7. The Morgan fingerprint density at radius 1 is 0.886 bits per heavy atom. The minimum atomic E-state index is -0.279. The van der Waals surface area contributed by atoms with E-state index in [1.807, 2.05) is 78.2 Å². The fourth-order valence-corrected chi connectivity index (χ4v) is 4.12. The van der Waals surface area contributed by atoms with Gasteiger partial charge in [-0.25, -0.2) is 4.98 Å². The van der Waals surface area contributed by atoms with E-state index in [0.717, 1.165) is 33.1 Å². The van der Waals surface area contributed by atoms with E-state index in [4.69, 9.17) is 14.3 Å². The van der Waals surface area contributed by atoms with Crippen LogP contribution in [-0.4, -0.2) is 23.8 Å². The van der Waals surface area contributed by atoms with E-state index in [1.54, 1.807) is 11.3 Å². The number of carbonyl (C=O) groups is 1. The van der Waals surface area contributed by atoms with Crippen molar-refractivity contribution in [1.82, 2.24) is 4.98 Å². The molecule has 0 radical (unpaired) electrons. The molecule has 0 atom stereocenters. The Balaban J connectivity index is 1.30. The molecular weight excluding hydrogens is 460 g/mol. The van der Waals surface area contributed by atoms with Crippen molar-refractivity contribution in [2.45, 2.75) is 26.1 Å². The van der Waals surface area contributed by atoms with Gasteiger partial charge in [-0.2, -0.15) is 0 Å². The number of carbonyl (C=O) groups excluding carboxylic acids is 1. The van der Waals surface area contributed by atoms with Gasteiger partial charge < -0.3 is 14.3 Å². The number of benzene rings is 3. The number of thiazole rings is 1. The van der Waals surface area contributed by atoms with E-state index in [2.05, 4.69) is 22.3 Å². The summed E-state index contributed by atoms with van der Waals surface area (Å²) in [5.74, 6) is 0.479. The number of aromatic nitrogens is 1. The molecule has 0 unspecified atom stereocenters. The van der Waals surface area contributed by atoms with Gasteiger partial charge in [0.25, 0.3) is 0 Å². The first-order valence-corrected chi connectivity index (χ1v) is 12.1. The lowest BCUT2D eigenvalue weighted by molar-refractivity contribution is -0.140. The third-order valence-electron chi connectivity index (χ3n) is 5.19. The quantitative estimate of drug-likeness (QED) is 0.142. The summed E-state index contributed by atoms with van der Waals surface area (Å²) >= 11 is 1.61. The van der Waals surface area contributed by atoms with Crippen molar-refractivity contribution in [2.24, 2.45) is 5.16 Å². The highest BCUT2D eigenvalue weighted by molar-refractivity contribution is 7.13. The summed E-state index contributed by atoms with van der Waals surface area (Å²) in [5, 5.41) is 7.30. The van der Waals surface area contributed by atoms with Gasteiger partial charge >= 0.3 is 5.97 Å². The second-order valence-electron chi connectivity index (χ2n) is 7.70. The Morgan fingerprint density at radius 3 is 2.31 bits per heavy atom. The molecule has 4 rings (SSSR count). The highest BCUT2D eigenvalue weighted by Crippen LogP contribution is 2.24. The average Bonchev–Trinajstić information content (AvgIpc) is 3.40. The molecule has 0 aliphatic rings. The van der Waals surface area contributed by atoms with Crippen LogP contribution in [0.2, 0.25) is 0 Å². The SMILES string of the molecule is COC(=O)CCC(=NOCc1ccc(OCc2csc(-c3ccccc3)n2)cc1)c1ccccc1. The second kappa shape index (κ2) is 12.5. The Labute approximate surface area is 208 Å². The molecule has 1 heterocycles. The predicted molar refractivity (Wildman–Crippen MR) is 137 cm³/mol. The molecule has 0 spiro atoms. The fraction of sp³-hybridized carbons (Fsp3) is 0.179. The molecule has 0 bridgehead atoms.